The number of sulfonamides is 1. The third-order valence-corrected chi connectivity index (χ3v) is 6.97. The van der Waals surface area contributed by atoms with E-state index in [2.05, 4.69) is 15.0 Å². The number of pyridine rings is 1. The Kier molecular flexibility index (Phi) is 5.71. The fourth-order valence-corrected chi connectivity index (χ4v) is 5.69. The average molecular weight is 479 g/mol. The van der Waals surface area contributed by atoms with Crippen LogP contribution < -0.4 is 14.9 Å². The number of aryl methyl sites for hydroxylation is 1. The number of hydrogen-bond donors (Lipinski definition) is 2. The van der Waals surface area contributed by atoms with Crippen molar-refractivity contribution < 1.29 is 8.42 Å². The van der Waals surface area contributed by atoms with E-state index in [1.54, 1.807) is 12.3 Å². The van der Waals surface area contributed by atoms with Gasteiger partial charge in [-0.25, -0.2) is 8.42 Å². The molecule has 2 aromatic heterocycles. The van der Waals surface area contributed by atoms with Gasteiger partial charge in [0.2, 0.25) is 10.0 Å². The fourth-order valence-electron chi connectivity index (χ4n) is 3.52. The number of halogens is 1. The number of nitrogens with zero attached hydrogens (tertiary/aromatic N) is 2. The molecule has 1 aromatic carbocycles. The third-order valence-electron chi connectivity index (χ3n) is 4.77. The number of thiophene rings is 1. The number of benzene rings is 1. The van der Waals surface area contributed by atoms with Gasteiger partial charge < -0.3 is 10.2 Å². The molecule has 0 amide bonds. The molecule has 2 atom stereocenters. The molecule has 3 aromatic rings. The van der Waals surface area contributed by atoms with Crippen LogP contribution in [0.5, 0.6) is 0 Å². The van der Waals surface area contributed by atoms with Crippen molar-refractivity contribution in [1.29, 1.82) is 0 Å². The first-order valence-corrected chi connectivity index (χ1v) is 12.6. The van der Waals surface area contributed by atoms with Gasteiger partial charge in [0, 0.05) is 16.8 Å². The molecule has 10 heteroatoms. The number of hydrogen-bond acceptors (Lipinski definition) is 5. The molecule has 2 N–H and O–H groups in total. The standard InChI is InChI=1S/C20H19ClN4O2S3/c1-12-11-13(6-7-14(12)24-30(2,26)27)25-19(16-8-9-17(21)29-16)18(23-20(25)28)15-5-3-4-10-22-15/h3-11,18-19,24H,1-2H3,(H,23,28)/t18-,19-/m0/s1. The molecule has 156 valence electrons. The topological polar surface area (TPSA) is 74.3 Å². The highest BCUT2D eigenvalue weighted by Gasteiger charge is 2.41. The van der Waals surface area contributed by atoms with Gasteiger partial charge in [0.15, 0.2) is 5.11 Å². The second-order valence-corrected chi connectivity index (χ2v) is 10.9. The lowest BCUT2D eigenvalue weighted by Crippen LogP contribution is -2.29. The highest BCUT2D eigenvalue weighted by Crippen LogP contribution is 2.44. The number of rotatable bonds is 5. The summed E-state index contributed by atoms with van der Waals surface area (Å²) in [6, 6.07) is 14.9. The van der Waals surface area contributed by atoms with Crippen molar-refractivity contribution in [3.8, 4) is 0 Å². The van der Waals surface area contributed by atoms with E-state index in [4.69, 9.17) is 23.8 Å². The van der Waals surface area contributed by atoms with Gasteiger partial charge in [-0.05, 0) is 67.2 Å². The summed E-state index contributed by atoms with van der Waals surface area (Å²) in [6.07, 6.45) is 2.89. The molecule has 1 aliphatic heterocycles. The van der Waals surface area contributed by atoms with E-state index in [9.17, 15) is 8.42 Å². The molecule has 1 aliphatic rings. The van der Waals surface area contributed by atoms with E-state index in [1.807, 2.05) is 54.3 Å². The first-order chi connectivity index (χ1) is 14.2. The molecule has 0 radical (unpaired) electrons. The molecule has 30 heavy (non-hydrogen) atoms. The first kappa shape index (κ1) is 21.0. The Balaban J connectivity index is 1.77. The van der Waals surface area contributed by atoms with Crippen molar-refractivity contribution >= 4 is 61.7 Å². The normalized spacial score (nSPS) is 19.0. The summed E-state index contributed by atoms with van der Waals surface area (Å²) in [6.45, 7) is 1.86. The minimum Gasteiger partial charge on any atom is -0.351 e. The van der Waals surface area contributed by atoms with Crippen LogP contribution in [0.4, 0.5) is 11.4 Å². The van der Waals surface area contributed by atoms with Crippen LogP contribution in [-0.2, 0) is 10.0 Å². The Bertz CT molecular complexity index is 1200. The van der Waals surface area contributed by atoms with Crippen molar-refractivity contribution in [3.63, 3.8) is 0 Å². The van der Waals surface area contributed by atoms with Gasteiger partial charge in [0.05, 0.1) is 34.1 Å². The maximum Gasteiger partial charge on any atom is 0.229 e. The molecule has 1 fully saturated rings. The van der Waals surface area contributed by atoms with E-state index in [-0.39, 0.29) is 12.1 Å². The molecule has 3 heterocycles. The first-order valence-electron chi connectivity index (χ1n) is 9.07. The van der Waals surface area contributed by atoms with Gasteiger partial charge in [-0.2, -0.15) is 0 Å². The lowest BCUT2D eigenvalue weighted by molar-refractivity contribution is 0.575. The van der Waals surface area contributed by atoms with Crippen LogP contribution in [0.2, 0.25) is 4.34 Å². The average Bonchev–Trinajstić information content (AvgIpc) is 3.26. The van der Waals surface area contributed by atoms with Gasteiger partial charge in [-0.1, -0.05) is 17.7 Å². The monoisotopic (exact) mass is 478 g/mol. The molecule has 0 bridgehead atoms. The second-order valence-electron chi connectivity index (χ2n) is 7.01. The number of aromatic nitrogens is 1. The van der Waals surface area contributed by atoms with E-state index < -0.39 is 10.0 Å². The highest BCUT2D eigenvalue weighted by atomic mass is 35.5. The van der Waals surface area contributed by atoms with Crippen LogP contribution in [-0.4, -0.2) is 24.8 Å². The summed E-state index contributed by atoms with van der Waals surface area (Å²) < 4.78 is 26.5. The van der Waals surface area contributed by atoms with E-state index in [0.29, 0.717) is 15.1 Å². The highest BCUT2D eigenvalue weighted by molar-refractivity contribution is 7.92. The summed E-state index contributed by atoms with van der Waals surface area (Å²) in [4.78, 5) is 7.61. The number of nitrogens with one attached hydrogen (secondary N) is 2. The Labute approximate surface area is 190 Å². The summed E-state index contributed by atoms with van der Waals surface area (Å²) in [5, 5.41) is 3.97. The minimum atomic E-state index is -3.36. The van der Waals surface area contributed by atoms with Crippen LogP contribution in [0.1, 0.15) is 28.2 Å². The van der Waals surface area contributed by atoms with E-state index >= 15 is 0 Å². The Morgan fingerprint density at radius 1 is 1.23 bits per heavy atom. The number of anilines is 2. The van der Waals surface area contributed by atoms with Crippen LogP contribution in [0.15, 0.2) is 54.7 Å². The zero-order chi connectivity index (χ0) is 21.5. The molecule has 0 spiro atoms. The lowest BCUT2D eigenvalue weighted by Gasteiger charge is -2.27. The zero-order valence-electron chi connectivity index (χ0n) is 16.2. The van der Waals surface area contributed by atoms with Gasteiger partial charge in [0.1, 0.15) is 0 Å². The maximum absolute atomic E-state index is 11.6. The van der Waals surface area contributed by atoms with Crippen LogP contribution in [0.25, 0.3) is 0 Å². The predicted molar refractivity (Wildman–Crippen MR) is 127 cm³/mol. The van der Waals surface area contributed by atoms with Gasteiger partial charge in [0.25, 0.3) is 0 Å². The molecule has 6 nitrogen and oxygen atoms in total. The molecule has 0 aliphatic carbocycles. The predicted octanol–water partition coefficient (Wildman–Crippen LogP) is 4.65. The van der Waals surface area contributed by atoms with E-state index in [1.165, 1.54) is 11.3 Å². The molecular formula is C20H19ClN4O2S3. The van der Waals surface area contributed by atoms with Crippen molar-refractivity contribution in [3.05, 3.63) is 75.2 Å². The van der Waals surface area contributed by atoms with Gasteiger partial charge >= 0.3 is 0 Å². The van der Waals surface area contributed by atoms with E-state index in [0.717, 1.165) is 28.1 Å². The fraction of sp³-hybridized carbons (Fsp3) is 0.200. The SMILES string of the molecule is Cc1cc(N2C(=S)N[C@@H](c3ccccn3)[C@@H]2c2ccc(Cl)s2)ccc1NS(C)(=O)=O. The lowest BCUT2D eigenvalue weighted by atomic mass is 10.0. The zero-order valence-corrected chi connectivity index (χ0v) is 19.4. The quantitative estimate of drug-likeness (QED) is 0.520. The van der Waals surface area contributed by atoms with Crippen molar-refractivity contribution in [2.24, 2.45) is 0 Å². The van der Waals surface area contributed by atoms with Crippen LogP contribution >= 0.6 is 35.2 Å². The molecule has 0 unspecified atom stereocenters. The van der Waals surface area contributed by atoms with Gasteiger partial charge in [-0.15, -0.1) is 11.3 Å². The van der Waals surface area contributed by atoms with Crippen molar-refractivity contribution in [2.45, 2.75) is 19.0 Å². The summed E-state index contributed by atoms with van der Waals surface area (Å²) >= 11 is 13.4. The second kappa shape index (κ2) is 8.14. The molecule has 1 saturated heterocycles. The Hall–Kier alpha value is -2.20. The Morgan fingerprint density at radius 2 is 2.03 bits per heavy atom. The maximum atomic E-state index is 11.6. The summed E-state index contributed by atoms with van der Waals surface area (Å²) in [5.74, 6) is 0. The Morgan fingerprint density at radius 3 is 2.63 bits per heavy atom. The van der Waals surface area contributed by atoms with Gasteiger partial charge in [-0.3, -0.25) is 9.71 Å². The molecular weight excluding hydrogens is 460 g/mol. The summed E-state index contributed by atoms with van der Waals surface area (Å²) in [5.41, 5.74) is 3.07. The smallest absolute Gasteiger partial charge is 0.229 e. The van der Waals surface area contributed by atoms with Crippen molar-refractivity contribution in [2.75, 3.05) is 15.9 Å². The van der Waals surface area contributed by atoms with Crippen molar-refractivity contribution in [1.82, 2.24) is 10.3 Å². The largest absolute Gasteiger partial charge is 0.351 e. The molecule has 4 rings (SSSR count). The van der Waals surface area contributed by atoms with Crippen LogP contribution in [0.3, 0.4) is 0 Å². The third kappa shape index (κ3) is 4.29. The minimum absolute atomic E-state index is 0.141. The number of thiocarbonyl (C=S) groups is 1. The molecule has 0 saturated carbocycles. The van der Waals surface area contributed by atoms with Crippen LogP contribution in [0, 0.1) is 6.92 Å². The summed E-state index contributed by atoms with van der Waals surface area (Å²) in [7, 11) is -3.36.